The first-order valence-corrected chi connectivity index (χ1v) is 6.86. The number of rotatable bonds is 5. The maximum absolute atomic E-state index is 11.9. The van der Waals surface area contributed by atoms with Crippen LogP contribution in [0.3, 0.4) is 0 Å². The summed E-state index contributed by atoms with van der Waals surface area (Å²) in [5.74, 6) is -1.49. The number of aliphatic carboxylic acids is 1. The van der Waals surface area contributed by atoms with Crippen molar-refractivity contribution in [3.8, 4) is 0 Å². The summed E-state index contributed by atoms with van der Waals surface area (Å²) in [4.78, 5) is 10.9. The topological polar surface area (TPSA) is 95.9 Å². The Balaban J connectivity index is 2.73. The lowest BCUT2D eigenvalue weighted by Gasteiger charge is -2.28. The molecule has 0 aliphatic carbocycles. The van der Waals surface area contributed by atoms with Gasteiger partial charge in [-0.1, -0.05) is 13.8 Å². The van der Waals surface area contributed by atoms with E-state index >= 15 is 0 Å². The first kappa shape index (κ1) is 14.4. The van der Waals surface area contributed by atoms with E-state index in [-0.39, 0.29) is 19.0 Å². The minimum Gasteiger partial charge on any atom is -0.480 e. The summed E-state index contributed by atoms with van der Waals surface area (Å²) in [6.07, 6.45) is 0. The highest BCUT2D eigenvalue weighted by Crippen LogP contribution is 2.08. The van der Waals surface area contributed by atoms with Crippen LogP contribution < -0.4 is 4.72 Å². The molecule has 1 aliphatic rings. The van der Waals surface area contributed by atoms with E-state index in [0.29, 0.717) is 13.2 Å². The van der Waals surface area contributed by atoms with Crippen LogP contribution in [0.5, 0.6) is 0 Å². The highest BCUT2D eigenvalue weighted by Gasteiger charge is 2.31. The fraction of sp³-hybridized carbons (Fsp3) is 0.889. The molecule has 1 saturated heterocycles. The van der Waals surface area contributed by atoms with Crippen LogP contribution in [-0.4, -0.2) is 56.1 Å². The molecule has 0 radical (unpaired) electrons. The normalized spacial score (nSPS) is 20.4. The minimum absolute atomic E-state index is 0.250. The van der Waals surface area contributed by atoms with Crippen molar-refractivity contribution in [2.24, 2.45) is 5.92 Å². The third-order valence-electron chi connectivity index (χ3n) is 2.52. The van der Waals surface area contributed by atoms with Crippen molar-refractivity contribution in [3.05, 3.63) is 0 Å². The number of hydrogen-bond donors (Lipinski definition) is 2. The number of nitrogens with one attached hydrogen (secondary N) is 1. The fourth-order valence-electron chi connectivity index (χ4n) is 1.49. The largest absolute Gasteiger partial charge is 0.480 e. The van der Waals surface area contributed by atoms with Crippen molar-refractivity contribution in [1.82, 2.24) is 9.03 Å². The van der Waals surface area contributed by atoms with Crippen LogP contribution in [0.15, 0.2) is 0 Å². The summed E-state index contributed by atoms with van der Waals surface area (Å²) in [6, 6.07) is -1.11. The Morgan fingerprint density at radius 2 is 1.88 bits per heavy atom. The third-order valence-corrected chi connectivity index (χ3v) is 4.12. The molecule has 2 N–H and O–H groups in total. The molecule has 1 fully saturated rings. The average molecular weight is 266 g/mol. The van der Waals surface area contributed by atoms with E-state index in [4.69, 9.17) is 9.84 Å². The Morgan fingerprint density at radius 3 is 2.29 bits per heavy atom. The van der Waals surface area contributed by atoms with Gasteiger partial charge < -0.3 is 9.84 Å². The maximum atomic E-state index is 11.9. The molecule has 0 saturated carbocycles. The standard InChI is InChI=1S/C9H18N2O5S/c1-7(2)8(9(12)13)10-17(14,15)11-3-5-16-6-4-11/h7-8,10H,3-6H2,1-2H3,(H,12,13)/t8-/m0/s1. The molecule has 0 aromatic heterocycles. The van der Waals surface area contributed by atoms with Crippen LogP contribution in [0.2, 0.25) is 0 Å². The van der Waals surface area contributed by atoms with Gasteiger partial charge in [-0.05, 0) is 5.92 Å². The maximum Gasteiger partial charge on any atom is 0.322 e. The first-order chi connectivity index (χ1) is 7.84. The third kappa shape index (κ3) is 3.91. The van der Waals surface area contributed by atoms with E-state index in [2.05, 4.69) is 4.72 Å². The minimum atomic E-state index is -3.75. The first-order valence-electron chi connectivity index (χ1n) is 5.42. The van der Waals surface area contributed by atoms with E-state index in [0.717, 1.165) is 0 Å². The molecule has 7 nitrogen and oxygen atoms in total. The molecule has 1 atom stereocenters. The molecule has 0 aromatic rings. The zero-order valence-corrected chi connectivity index (χ0v) is 10.7. The lowest BCUT2D eigenvalue weighted by Crippen LogP contribution is -2.53. The van der Waals surface area contributed by atoms with E-state index < -0.39 is 22.2 Å². The smallest absolute Gasteiger partial charge is 0.322 e. The van der Waals surface area contributed by atoms with Crippen LogP contribution in [0.4, 0.5) is 0 Å². The molecule has 0 bridgehead atoms. The van der Waals surface area contributed by atoms with Crippen molar-refractivity contribution in [1.29, 1.82) is 0 Å². The zero-order chi connectivity index (χ0) is 13.1. The van der Waals surface area contributed by atoms with Crippen LogP contribution in [-0.2, 0) is 19.7 Å². The van der Waals surface area contributed by atoms with Crippen LogP contribution in [0, 0.1) is 5.92 Å². The Morgan fingerprint density at radius 1 is 1.35 bits per heavy atom. The molecule has 100 valence electrons. The predicted octanol–water partition coefficient (Wildman–Crippen LogP) is -0.738. The van der Waals surface area contributed by atoms with Crippen molar-refractivity contribution in [2.75, 3.05) is 26.3 Å². The van der Waals surface area contributed by atoms with Gasteiger partial charge in [0, 0.05) is 13.1 Å². The summed E-state index contributed by atoms with van der Waals surface area (Å²) >= 11 is 0. The number of nitrogens with zero attached hydrogens (tertiary/aromatic N) is 1. The second-order valence-electron chi connectivity index (χ2n) is 4.19. The van der Waals surface area contributed by atoms with Gasteiger partial charge in [-0.3, -0.25) is 4.79 Å². The summed E-state index contributed by atoms with van der Waals surface area (Å²) in [7, 11) is -3.75. The van der Waals surface area contributed by atoms with E-state index in [1.54, 1.807) is 13.8 Å². The number of carboxylic acids is 1. The number of ether oxygens (including phenoxy) is 1. The Kier molecular flexibility index (Phi) is 4.87. The van der Waals surface area contributed by atoms with Crippen molar-refractivity contribution >= 4 is 16.2 Å². The molecular formula is C9H18N2O5S. The Labute approximate surface area is 101 Å². The predicted molar refractivity (Wildman–Crippen MR) is 60.7 cm³/mol. The number of carboxylic acid groups (broad SMARTS) is 1. The fourth-order valence-corrected chi connectivity index (χ4v) is 2.97. The molecule has 1 heterocycles. The molecule has 0 spiro atoms. The van der Waals surface area contributed by atoms with Crippen LogP contribution in [0.1, 0.15) is 13.8 Å². The van der Waals surface area contributed by atoms with Crippen molar-refractivity contribution < 1.29 is 23.1 Å². The van der Waals surface area contributed by atoms with Gasteiger partial charge in [-0.15, -0.1) is 0 Å². The Bertz CT molecular complexity index is 362. The van der Waals surface area contributed by atoms with Crippen molar-refractivity contribution in [2.45, 2.75) is 19.9 Å². The SMILES string of the molecule is CC(C)[C@H](NS(=O)(=O)N1CCOCC1)C(=O)O. The highest BCUT2D eigenvalue weighted by molar-refractivity contribution is 7.87. The molecule has 8 heteroatoms. The zero-order valence-electron chi connectivity index (χ0n) is 9.92. The second kappa shape index (κ2) is 5.76. The second-order valence-corrected chi connectivity index (χ2v) is 5.90. The lowest BCUT2D eigenvalue weighted by atomic mass is 10.1. The molecule has 0 amide bonds. The van der Waals surface area contributed by atoms with Crippen molar-refractivity contribution in [3.63, 3.8) is 0 Å². The van der Waals surface area contributed by atoms with Gasteiger partial charge in [-0.2, -0.15) is 17.4 Å². The summed E-state index contributed by atoms with van der Waals surface area (Å²) in [5.41, 5.74) is 0. The van der Waals surface area contributed by atoms with Crippen LogP contribution >= 0.6 is 0 Å². The molecule has 1 aliphatic heterocycles. The highest BCUT2D eigenvalue weighted by atomic mass is 32.2. The van der Waals surface area contributed by atoms with Gasteiger partial charge in [0.05, 0.1) is 13.2 Å². The summed E-state index contributed by atoms with van der Waals surface area (Å²) in [5, 5.41) is 8.94. The number of morpholine rings is 1. The number of hydrogen-bond acceptors (Lipinski definition) is 4. The molecule has 1 rings (SSSR count). The summed E-state index contributed by atoms with van der Waals surface area (Å²) < 4.78 is 32.3. The van der Waals surface area contributed by atoms with Gasteiger partial charge in [0.25, 0.3) is 10.2 Å². The van der Waals surface area contributed by atoms with E-state index in [1.165, 1.54) is 4.31 Å². The Hall–Kier alpha value is -0.700. The monoisotopic (exact) mass is 266 g/mol. The average Bonchev–Trinajstić information content (AvgIpc) is 2.26. The van der Waals surface area contributed by atoms with E-state index in [9.17, 15) is 13.2 Å². The molecule has 17 heavy (non-hydrogen) atoms. The van der Waals surface area contributed by atoms with Crippen LogP contribution in [0.25, 0.3) is 0 Å². The van der Waals surface area contributed by atoms with Gasteiger partial charge >= 0.3 is 5.97 Å². The molecule has 0 unspecified atom stereocenters. The quantitative estimate of drug-likeness (QED) is 0.683. The van der Waals surface area contributed by atoms with Gasteiger partial charge in [0.2, 0.25) is 0 Å². The van der Waals surface area contributed by atoms with Gasteiger partial charge in [0.1, 0.15) is 6.04 Å². The van der Waals surface area contributed by atoms with Gasteiger partial charge in [0.15, 0.2) is 0 Å². The molecule has 0 aromatic carbocycles. The number of carbonyl (C=O) groups is 1. The summed E-state index contributed by atoms with van der Waals surface area (Å²) in [6.45, 7) is 4.47. The lowest BCUT2D eigenvalue weighted by molar-refractivity contribution is -0.140. The van der Waals surface area contributed by atoms with Gasteiger partial charge in [-0.25, -0.2) is 0 Å². The molecular weight excluding hydrogens is 248 g/mol. The van der Waals surface area contributed by atoms with E-state index in [1.807, 2.05) is 0 Å².